The monoisotopic (exact) mass is 275 g/mol. The van der Waals surface area contributed by atoms with E-state index in [1.54, 1.807) is 4.68 Å². The highest BCUT2D eigenvalue weighted by molar-refractivity contribution is 5.45. The van der Waals surface area contributed by atoms with Crippen LogP contribution in [0.1, 0.15) is 26.0 Å². The lowest BCUT2D eigenvalue weighted by molar-refractivity contribution is 0.340. The minimum absolute atomic E-state index is 0.167. The van der Waals surface area contributed by atoms with Crippen molar-refractivity contribution >= 4 is 5.69 Å². The van der Waals surface area contributed by atoms with E-state index in [9.17, 15) is 4.79 Å². The lowest BCUT2D eigenvalue weighted by atomic mass is 10.3. The molecule has 20 heavy (non-hydrogen) atoms. The topological polar surface area (TPSA) is 62.2 Å². The maximum Gasteiger partial charge on any atom is 0.294 e. The van der Waals surface area contributed by atoms with Crippen molar-refractivity contribution in [1.29, 1.82) is 0 Å². The van der Waals surface area contributed by atoms with E-state index < -0.39 is 0 Å². The van der Waals surface area contributed by atoms with Gasteiger partial charge in [-0.1, -0.05) is 6.92 Å². The minimum Gasteiger partial charge on any atom is -0.494 e. The Balaban J connectivity index is 2.51. The molecule has 0 aliphatic carbocycles. The number of benzene rings is 1. The van der Waals surface area contributed by atoms with Gasteiger partial charge in [-0.15, -0.1) is 0 Å². The molecule has 0 spiro atoms. The van der Waals surface area contributed by atoms with Gasteiger partial charge in [0.05, 0.1) is 18.0 Å². The van der Waals surface area contributed by atoms with Gasteiger partial charge in [-0.2, -0.15) is 0 Å². The maximum absolute atomic E-state index is 12.3. The molecule has 108 valence electrons. The summed E-state index contributed by atoms with van der Waals surface area (Å²) in [5, 5.41) is 0. The molecule has 0 saturated carbocycles. The molecule has 0 aliphatic heterocycles. The van der Waals surface area contributed by atoms with Crippen molar-refractivity contribution in [3.8, 4) is 11.4 Å². The van der Waals surface area contributed by atoms with Gasteiger partial charge in [-0.05, 0) is 44.5 Å². The number of nitrogens with zero attached hydrogens (tertiary/aromatic N) is 2. The number of anilines is 1. The number of rotatable bonds is 5. The second-order valence-electron chi connectivity index (χ2n) is 4.67. The van der Waals surface area contributed by atoms with Crippen LogP contribution in [0.2, 0.25) is 0 Å². The van der Waals surface area contributed by atoms with Crippen LogP contribution in [0, 0.1) is 6.92 Å². The van der Waals surface area contributed by atoms with Crippen LogP contribution in [0.25, 0.3) is 5.69 Å². The summed E-state index contributed by atoms with van der Waals surface area (Å²) in [7, 11) is 0. The molecule has 0 saturated heterocycles. The SMILES string of the molecule is CCCn1c(C)c(N)c(=O)n1-c1ccc(OCC)cc1. The Hall–Kier alpha value is -2.17. The van der Waals surface area contributed by atoms with E-state index >= 15 is 0 Å². The molecule has 5 heteroatoms. The molecular weight excluding hydrogens is 254 g/mol. The van der Waals surface area contributed by atoms with Gasteiger partial charge in [0, 0.05) is 6.54 Å². The molecule has 2 rings (SSSR count). The smallest absolute Gasteiger partial charge is 0.294 e. The van der Waals surface area contributed by atoms with E-state index in [2.05, 4.69) is 6.92 Å². The molecule has 0 amide bonds. The quantitative estimate of drug-likeness (QED) is 0.911. The van der Waals surface area contributed by atoms with E-state index in [1.807, 2.05) is 42.8 Å². The predicted molar refractivity (Wildman–Crippen MR) is 80.6 cm³/mol. The molecular formula is C15H21N3O2. The minimum atomic E-state index is -0.167. The molecule has 5 nitrogen and oxygen atoms in total. The summed E-state index contributed by atoms with van der Waals surface area (Å²) >= 11 is 0. The van der Waals surface area contributed by atoms with Gasteiger partial charge in [0.1, 0.15) is 11.4 Å². The summed E-state index contributed by atoms with van der Waals surface area (Å²) in [5.74, 6) is 0.794. The normalized spacial score (nSPS) is 10.8. The molecule has 0 atom stereocenters. The van der Waals surface area contributed by atoms with Gasteiger partial charge in [0.15, 0.2) is 0 Å². The summed E-state index contributed by atoms with van der Waals surface area (Å²) in [6.07, 6.45) is 0.936. The number of ether oxygens (including phenoxy) is 1. The van der Waals surface area contributed by atoms with Gasteiger partial charge < -0.3 is 10.5 Å². The zero-order chi connectivity index (χ0) is 14.7. The first kappa shape index (κ1) is 14.2. The molecule has 2 N–H and O–H groups in total. The number of nitrogen functional groups attached to an aromatic ring is 1. The molecule has 2 aromatic rings. The average molecular weight is 275 g/mol. The second-order valence-corrected chi connectivity index (χ2v) is 4.67. The summed E-state index contributed by atoms with van der Waals surface area (Å²) in [4.78, 5) is 12.3. The Morgan fingerprint density at radius 2 is 1.85 bits per heavy atom. The van der Waals surface area contributed by atoms with Gasteiger partial charge in [-0.3, -0.25) is 9.48 Å². The Kier molecular flexibility index (Phi) is 4.17. The van der Waals surface area contributed by atoms with Crippen LogP contribution in [0.3, 0.4) is 0 Å². The zero-order valence-electron chi connectivity index (χ0n) is 12.2. The van der Waals surface area contributed by atoms with Crippen molar-refractivity contribution in [2.24, 2.45) is 0 Å². The molecule has 0 radical (unpaired) electrons. The van der Waals surface area contributed by atoms with Crippen LogP contribution in [0.5, 0.6) is 5.75 Å². The van der Waals surface area contributed by atoms with Gasteiger partial charge in [-0.25, -0.2) is 4.68 Å². The molecule has 0 bridgehead atoms. The van der Waals surface area contributed by atoms with Crippen molar-refractivity contribution in [2.45, 2.75) is 33.7 Å². The molecule has 0 aliphatic rings. The van der Waals surface area contributed by atoms with Crippen molar-refractivity contribution in [1.82, 2.24) is 9.36 Å². The lowest BCUT2D eigenvalue weighted by Gasteiger charge is -2.13. The Bertz CT molecular complexity index is 638. The van der Waals surface area contributed by atoms with E-state index in [4.69, 9.17) is 10.5 Å². The first-order valence-corrected chi connectivity index (χ1v) is 6.91. The van der Waals surface area contributed by atoms with Crippen LogP contribution in [0.15, 0.2) is 29.1 Å². The third-order valence-electron chi connectivity index (χ3n) is 3.27. The van der Waals surface area contributed by atoms with Crippen LogP contribution >= 0.6 is 0 Å². The predicted octanol–water partition coefficient (Wildman–Crippen LogP) is 2.34. The summed E-state index contributed by atoms with van der Waals surface area (Å²) in [6, 6.07) is 7.47. The zero-order valence-corrected chi connectivity index (χ0v) is 12.2. The number of hydrogen-bond acceptors (Lipinski definition) is 3. The second kappa shape index (κ2) is 5.86. The molecule has 1 aromatic carbocycles. The molecule has 1 aromatic heterocycles. The average Bonchev–Trinajstić information content (AvgIpc) is 2.66. The van der Waals surface area contributed by atoms with Gasteiger partial charge >= 0.3 is 0 Å². The van der Waals surface area contributed by atoms with Crippen LogP contribution in [-0.2, 0) is 6.54 Å². The summed E-state index contributed by atoms with van der Waals surface area (Å²) in [6.45, 7) is 7.26. The van der Waals surface area contributed by atoms with Crippen molar-refractivity contribution < 1.29 is 4.74 Å². The third kappa shape index (κ3) is 2.43. The van der Waals surface area contributed by atoms with Gasteiger partial charge in [0.25, 0.3) is 5.56 Å². The summed E-state index contributed by atoms with van der Waals surface area (Å²) in [5.41, 5.74) is 7.62. The standard InChI is InChI=1S/C15H21N3O2/c1-4-10-17-11(3)14(16)15(19)18(17)12-6-8-13(9-7-12)20-5-2/h6-9H,4-5,10,16H2,1-3H3. The highest BCUT2D eigenvalue weighted by Gasteiger charge is 2.15. The maximum atomic E-state index is 12.3. The van der Waals surface area contributed by atoms with Crippen molar-refractivity contribution in [2.75, 3.05) is 12.3 Å². The van der Waals surface area contributed by atoms with Crippen LogP contribution in [-0.4, -0.2) is 16.0 Å². The van der Waals surface area contributed by atoms with Crippen molar-refractivity contribution in [3.63, 3.8) is 0 Å². The molecule has 0 unspecified atom stereocenters. The molecule has 0 fully saturated rings. The number of hydrogen-bond donors (Lipinski definition) is 1. The van der Waals surface area contributed by atoms with Crippen LogP contribution < -0.4 is 16.0 Å². The highest BCUT2D eigenvalue weighted by Crippen LogP contribution is 2.17. The summed E-state index contributed by atoms with van der Waals surface area (Å²) < 4.78 is 8.97. The molecule has 1 heterocycles. The largest absolute Gasteiger partial charge is 0.494 e. The number of nitrogens with two attached hydrogens (primary N) is 1. The van der Waals surface area contributed by atoms with Gasteiger partial charge in [0.2, 0.25) is 0 Å². The Morgan fingerprint density at radius 3 is 2.40 bits per heavy atom. The fourth-order valence-electron chi connectivity index (χ4n) is 2.25. The fourth-order valence-corrected chi connectivity index (χ4v) is 2.25. The highest BCUT2D eigenvalue weighted by atomic mass is 16.5. The van der Waals surface area contributed by atoms with Crippen molar-refractivity contribution in [3.05, 3.63) is 40.3 Å². The number of aromatic nitrogens is 2. The van der Waals surface area contributed by atoms with E-state index in [1.165, 1.54) is 0 Å². The Labute approximate surface area is 118 Å². The lowest BCUT2D eigenvalue weighted by Crippen LogP contribution is -2.22. The third-order valence-corrected chi connectivity index (χ3v) is 3.27. The fraction of sp³-hybridized carbons (Fsp3) is 0.400. The van der Waals surface area contributed by atoms with E-state index in [-0.39, 0.29) is 5.56 Å². The van der Waals surface area contributed by atoms with Crippen LogP contribution in [0.4, 0.5) is 5.69 Å². The van der Waals surface area contributed by atoms with E-state index in [0.717, 1.165) is 30.1 Å². The van der Waals surface area contributed by atoms with E-state index in [0.29, 0.717) is 12.3 Å². The first-order chi connectivity index (χ1) is 9.60. The first-order valence-electron chi connectivity index (χ1n) is 6.91. The Morgan fingerprint density at radius 1 is 1.20 bits per heavy atom.